The number of ketones is 1. The van der Waals surface area contributed by atoms with Crippen LogP contribution in [-0.4, -0.2) is 28.8 Å². The van der Waals surface area contributed by atoms with Gasteiger partial charge in [0.05, 0.1) is 18.7 Å². The van der Waals surface area contributed by atoms with E-state index in [1.807, 2.05) is 54.6 Å². The van der Waals surface area contributed by atoms with Crippen molar-refractivity contribution in [1.82, 2.24) is 4.90 Å². The standard InChI is InChI=1S/C23H25NO4/c1-23(2,3)21(26)18-19(16-8-6-5-7-9-16)24(22(27)20(18)25)14-15-10-12-17(28-4)13-11-15/h5-13,19,25H,14H2,1-4H3. The molecule has 3 rings (SSSR count). The second-order valence-corrected chi connectivity index (χ2v) is 7.94. The Labute approximate surface area is 165 Å². The van der Waals surface area contributed by atoms with Gasteiger partial charge in [-0.15, -0.1) is 0 Å². The van der Waals surface area contributed by atoms with Gasteiger partial charge in [0.2, 0.25) is 0 Å². The molecule has 28 heavy (non-hydrogen) atoms. The molecular formula is C23H25NO4. The minimum atomic E-state index is -0.716. The molecule has 0 fully saturated rings. The van der Waals surface area contributed by atoms with Gasteiger partial charge in [0.1, 0.15) is 5.75 Å². The van der Waals surface area contributed by atoms with E-state index in [-0.39, 0.29) is 17.9 Å². The zero-order chi connectivity index (χ0) is 20.5. The van der Waals surface area contributed by atoms with Crippen LogP contribution in [-0.2, 0) is 16.1 Å². The van der Waals surface area contributed by atoms with E-state index in [4.69, 9.17) is 4.74 Å². The summed E-state index contributed by atoms with van der Waals surface area (Å²) in [5.41, 5.74) is 1.12. The Balaban J connectivity index is 2.04. The number of rotatable bonds is 5. The van der Waals surface area contributed by atoms with Crippen LogP contribution < -0.4 is 4.74 Å². The lowest BCUT2D eigenvalue weighted by molar-refractivity contribution is -0.130. The van der Waals surface area contributed by atoms with Crippen molar-refractivity contribution >= 4 is 11.7 Å². The van der Waals surface area contributed by atoms with E-state index in [0.29, 0.717) is 0 Å². The maximum Gasteiger partial charge on any atom is 0.290 e. The maximum absolute atomic E-state index is 13.1. The normalized spacial score (nSPS) is 17.2. The third-order valence-corrected chi connectivity index (χ3v) is 4.86. The number of amides is 1. The van der Waals surface area contributed by atoms with Crippen LogP contribution in [0.25, 0.3) is 0 Å². The fourth-order valence-electron chi connectivity index (χ4n) is 3.36. The quantitative estimate of drug-likeness (QED) is 0.845. The first-order chi connectivity index (χ1) is 13.2. The Morgan fingerprint density at radius 3 is 2.21 bits per heavy atom. The third kappa shape index (κ3) is 3.65. The van der Waals surface area contributed by atoms with Crippen LogP contribution in [0, 0.1) is 5.41 Å². The fourth-order valence-corrected chi connectivity index (χ4v) is 3.36. The van der Waals surface area contributed by atoms with Gasteiger partial charge in [0, 0.05) is 12.0 Å². The Kier molecular flexibility index (Phi) is 5.27. The average molecular weight is 379 g/mol. The predicted molar refractivity (Wildman–Crippen MR) is 107 cm³/mol. The fraction of sp³-hybridized carbons (Fsp3) is 0.304. The van der Waals surface area contributed by atoms with Crippen molar-refractivity contribution in [3.8, 4) is 5.75 Å². The summed E-state index contributed by atoms with van der Waals surface area (Å²) in [5.74, 6) is -0.496. The van der Waals surface area contributed by atoms with E-state index < -0.39 is 23.1 Å². The van der Waals surface area contributed by atoms with Gasteiger partial charge >= 0.3 is 0 Å². The number of carbonyl (C=O) groups is 2. The lowest BCUT2D eigenvalue weighted by Gasteiger charge is -2.29. The van der Waals surface area contributed by atoms with Gasteiger partial charge in [0.25, 0.3) is 5.91 Å². The number of ether oxygens (including phenoxy) is 1. The van der Waals surface area contributed by atoms with Gasteiger partial charge in [-0.2, -0.15) is 0 Å². The van der Waals surface area contributed by atoms with Crippen molar-refractivity contribution in [3.05, 3.63) is 77.1 Å². The number of methoxy groups -OCH3 is 1. The highest BCUT2D eigenvalue weighted by Gasteiger charge is 2.45. The van der Waals surface area contributed by atoms with E-state index >= 15 is 0 Å². The SMILES string of the molecule is COc1ccc(CN2C(=O)C(O)=C(C(=O)C(C)(C)C)C2c2ccccc2)cc1. The molecule has 1 heterocycles. The lowest BCUT2D eigenvalue weighted by atomic mass is 9.82. The van der Waals surface area contributed by atoms with Crippen molar-refractivity contribution < 1.29 is 19.4 Å². The van der Waals surface area contributed by atoms with Crippen LogP contribution >= 0.6 is 0 Å². The summed E-state index contributed by atoms with van der Waals surface area (Å²) in [6.45, 7) is 5.63. The summed E-state index contributed by atoms with van der Waals surface area (Å²) >= 11 is 0. The summed E-state index contributed by atoms with van der Waals surface area (Å²) in [5, 5.41) is 10.6. The van der Waals surface area contributed by atoms with E-state index in [0.717, 1.165) is 16.9 Å². The summed E-state index contributed by atoms with van der Waals surface area (Å²) in [7, 11) is 1.59. The van der Waals surface area contributed by atoms with Gasteiger partial charge in [-0.05, 0) is 23.3 Å². The highest BCUT2D eigenvalue weighted by molar-refractivity contribution is 6.10. The number of hydrogen-bond donors (Lipinski definition) is 1. The molecule has 0 saturated heterocycles. The van der Waals surface area contributed by atoms with E-state index in [1.165, 1.54) is 0 Å². The molecule has 5 heteroatoms. The molecule has 1 N–H and O–H groups in total. The Hall–Kier alpha value is -3.08. The first-order valence-corrected chi connectivity index (χ1v) is 9.21. The van der Waals surface area contributed by atoms with Gasteiger partial charge in [-0.1, -0.05) is 63.2 Å². The van der Waals surface area contributed by atoms with Gasteiger partial charge in [-0.25, -0.2) is 0 Å². The maximum atomic E-state index is 13.1. The highest BCUT2D eigenvalue weighted by atomic mass is 16.5. The molecule has 0 radical (unpaired) electrons. The van der Waals surface area contributed by atoms with Gasteiger partial charge in [-0.3, -0.25) is 9.59 Å². The van der Waals surface area contributed by atoms with E-state index in [2.05, 4.69) is 0 Å². The molecule has 1 aliphatic rings. The number of hydrogen-bond acceptors (Lipinski definition) is 4. The molecule has 1 unspecified atom stereocenters. The summed E-state index contributed by atoms with van der Waals surface area (Å²) in [4.78, 5) is 27.5. The number of carbonyl (C=O) groups excluding carboxylic acids is 2. The Bertz CT molecular complexity index is 908. The van der Waals surface area contributed by atoms with Crippen LogP contribution in [0.3, 0.4) is 0 Å². The first-order valence-electron chi connectivity index (χ1n) is 9.21. The molecule has 1 amide bonds. The molecule has 0 saturated carbocycles. The minimum Gasteiger partial charge on any atom is -0.503 e. The van der Waals surface area contributed by atoms with Gasteiger partial charge in [0.15, 0.2) is 11.5 Å². The summed E-state index contributed by atoms with van der Waals surface area (Å²) in [6.07, 6.45) is 0. The number of Topliss-reactive ketones (excluding diaryl/α,β-unsaturated/α-hetero) is 1. The van der Waals surface area contributed by atoms with E-state index in [9.17, 15) is 14.7 Å². The van der Waals surface area contributed by atoms with Crippen LogP contribution in [0.1, 0.15) is 37.9 Å². The minimum absolute atomic E-state index is 0.164. The van der Waals surface area contributed by atoms with Crippen LogP contribution in [0.5, 0.6) is 5.75 Å². The molecule has 146 valence electrons. The molecule has 0 bridgehead atoms. The molecule has 0 spiro atoms. The van der Waals surface area contributed by atoms with Crippen LogP contribution in [0.15, 0.2) is 65.9 Å². The molecule has 5 nitrogen and oxygen atoms in total. The second-order valence-electron chi connectivity index (χ2n) is 7.94. The summed E-state index contributed by atoms with van der Waals surface area (Å²) in [6, 6.07) is 16.1. The summed E-state index contributed by atoms with van der Waals surface area (Å²) < 4.78 is 5.18. The van der Waals surface area contributed by atoms with Crippen molar-refractivity contribution in [1.29, 1.82) is 0 Å². The Morgan fingerprint density at radius 1 is 1.07 bits per heavy atom. The molecule has 0 aromatic heterocycles. The molecule has 2 aromatic carbocycles. The number of aliphatic hydroxyl groups excluding tert-OH is 1. The molecule has 1 aliphatic heterocycles. The smallest absolute Gasteiger partial charge is 0.290 e. The lowest BCUT2D eigenvalue weighted by Crippen LogP contribution is -2.32. The van der Waals surface area contributed by atoms with Crippen molar-refractivity contribution in [2.24, 2.45) is 5.41 Å². The van der Waals surface area contributed by atoms with Crippen LogP contribution in [0.2, 0.25) is 0 Å². The average Bonchev–Trinajstić information content (AvgIpc) is 2.92. The van der Waals surface area contributed by atoms with Gasteiger partial charge < -0.3 is 14.7 Å². The predicted octanol–water partition coefficient (Wildman–Crippen LogP) is 4.21. The number of nitrogens with zero attached hydrogens (tertiary/aromatic N) is 1. The molecule has 0 aliphatic carbocycles. The van der Waals surface area contributed by atoms with Crippen molar-refractivity contribution in [2.75, 3.05) is 7.11 Å². The second kappa shape index (κ2) is 7.50. The van der Waals surface area contributed by atoms with Crippen molar-refractivity contribution in [2.45, 2.75) is 33.4 Å². The van der Waals surface area contributed by atoms with E-state index in [1.54, 1.807) is 32.8 Å². The zero-order valence-corrected chi connectivity index (χ0v) is 16.6. The zero-order valence-electron chi connectivity index (χ0n) is 16.6. The largest absolute Gasteiger partial charge is 0.503 e. The molecular weight excluding hydrogens is 354 g/mol. The molecule has 1 atom stereocenters. The topological polar surface area (TPSA) is 66.8 Å². The Morgan fingerprint density at radius 2 is 1.68 bits per heavy atom. The van der Waals surface area contributed by atoms with Crippen LogP contribution in [0.4, 0.5) is 0 Å². The third-order valence-electron chi connectivity index (χ3n) is 4.86. The number of benzene rings is 2. The monoisotopic (exact) mass is 379 g/mol. The van der Waals surface area contributed by atoms with Crippen molar-refractivity contribution in [3.63, 3.8) is 0 Å². The highest BCUT2D eigenvalue weighted by Crippen LogP contribution is 2.41. The molecule has 2 aromatic rings. The first kappa shape index (κ1) is 19.7. The number of aliphatic hydroxyl groups is 1.